The maximum absolute atomic E-state index is 11.8. The first kappa shape index (κ1) is 13.6. The van der Waals surface area contributed by atoms with Gasteiger partial charge in [0.1, 0.15) is 0 Å². The molecule has 1 aliphatic rings. The average molecular weight is 258 g/mol. The van der Waals surface area contributed by atoms with Crippen LogP contribution in [0.4, 0.5) is 0 Å². The number of nitrogens with one attached hydrogen (secondary N) is 1. The molecule has 1 fully saturated rings. The molecule has 100 valence electrons. The molecule has 0 atom stereocenters. The second-order valence-corrected chi connectivity index (χ2v) is 5.19. The zero-order chi connectivity index (χ0) is 13.7. The number of nitriles is 1. The molecular formula is C15H18N2O2. The number of amides is 1. The molecule has 4 nitrogen and oxygen atoms in total. The lowest BCUT2D eigenvalue weighted by Crippen LogP contribution is -2.34. The Morgan fingerprint density at radius 1 is 1.32 bits per heavy atom. The van der Waals surface area contributed by atoms with Gasteiger partial charge in [0.25, 0.3) is 0 Å². The molecule has 0 spiro atoms. The number of carbonyl (C=O) groups excluding carboxylic acids is 1. The van der Waals surface area contributed by atoms with E-state index in [0.29, 0.717) is 12.1 Å². The predicted molar refractivity (Wildman–Crippen MR) is 71.0 cm³/mol. The van der Waals surface area contributed by atoms with E-state index in [2.05, 4.69) is 11.4 Å². The van der Waals surface area contributed by atoms with Crippen LogP contribution in [-0.4, -0.2) is 16.6 Å². The van der Waals surface area contributed by atoms with Gasteiger partial charge in [0.15, 0.2) is 0 Å². The second-order valence-electron chi connectivity index (χ2n) is 5.19. The molecule has 0 heterocycles. The van der Waals surface area contributed by atoms with E-state index in [1.807, 2.05) is 12.1 Å². The molecule has 0 bridgehead atoms. The third kappa shape index (κ3) is 3.80. The molecule has 19 heavy (non-hydrogen) atoms. The molecular weight excluding hydrogens is 240 g/mol. The fourth-order valence-corrected chi connectivity index (χ4v) is 2.47. The Hall–Kier alpha value is -1.86. The number of hydrogen-bond acceptors (Lipinski definition) is 3. The summed E-state index contributed by atoms with van der Waals surface area (Å²) in [6.07, 6.45) is 3.62. The highest BCUT2D eigenvalue weighted by Crippen LogP contribution is 2.32. The lowest BCUT2D eigenvalue weighted by molar-refractivity contribution is -0.126. The minimum Gasteiger partial charge on any atom is -0.389 e. The van der Waals surface area contributed by atoms with E-state index in [4.69, 9.17) is 5.26 Å². The van der Waals surface area contributed by atoms with Gasteiger partial charge in [-0.1, -0.05) is 25.0 Å². The number of rotatable bonds is 4. The Labute approximate surface area is 113 Å². The molecule has 0 saturated heterocycles. The first-order valence-electron chi connectivity index (χ1n) is 6.59. The van der Waals surface area contributed by atoms with Crippen molar-refractivity contribution in [2.75, 3.05) is 0 Å². The summed E-state index contributed by atoms with van der Waals surface area (Å²) in [5.74, 6) is -0.117. The standard InChI is InChI=1S/C15H18N2O2/c16-10-12-3-5-13(6-4-12)11-17-14(18)9-15(19)7-1-2-8-15/h3-6,19H,1-2,7-9,11H2,(H,17,18). The number of carbonyl (C=O) groups is 1. The molecule has 1 aliphatic carbocycles. The molecule has 4 heteroatoms. The Morgan fingerprint density at radius 2 is 1.95 bits per heavy atom. The summed E-state index contributed by atoms with van der Waals surface area (Å²) in [6, 6.07) is 9.15. The van der Waals surface area contributed by atoms with Crippen molar-refractivity contribution in [3.63, 3.8) is 0 Å². The fraction of sp³-hybridized carbons (Fsp3) is 0.467. The molecule has 1 aromatic carbocycles. The van der Waals surface area contributed by atoms with Crippen LogP contribution in [0.5, 0.6) is 0 Å². The van der Waals surface area contributed by atoms with Crippen LogP contribution in [-0.2, 0) is 11.3 Å². The van der Waals surface area contributed by atoms with Gasteiger partial charge in [0.2, 0.25) is 5.91 Å². The SMILES string of the molecule is N#Cc1ccc(CNC(=O)CC2(O)CCCC2)cc1. The Kier molecular flexibility index (Phi) is 4.18. The van der Waals surface area contributed by atoms with Gasteiger partial charge < -0.3 is 10.4 Å². The molecule has 1 aromatic rings. The van der Waals surface area contributed by atoms with Crippen LogP contribution in [0.3, 0.4) is 0 Å². The average Bonchev–Trinajstić information content (AvgIpc) is 2.83. The van der Waals surface area contributed by atoms with Crippen molar-refractivity contribution in [1.29, 1.82) is 5.26 Å². The maximum Gasteiger partial charge on any atom is 0.223 e. The van der Waals surface area contributed by atoms with E-state index in [9.17, 15) is 9.90 Å². The summed E-state index contributed by atoms with van der Waals surface area (Å²) in [7, 11) is 0. The van der Waals surface area contributed by atoms with Gasteiger partial charge >= 0.3 is 0 Å². The Morgan fingerprint density at radius 3 is 2.53 bits per heavy atom. The summed E-state index contributed by atoms with van der Waals surface area (Å²) in [6.45, 7) is 0.431. The number of hydrogen-bond donors (Lipinski definition) is 2. The van der Waals surface area contributed by atoms with E-state index in [-0.39, 0.29) is 12.3 Å². The summed E-state index contributed by atoms with van der Waals surface area (Å²) in [4.78, 5) is 11.8. The van der Waals surface area contributed by atoms with Gasteiger partial charge in [-0.05, 0) is 30.5 Å². The highest BCUT2D eigenvalue weighted by Gasteiger charge is 2.33. The molecule has 0 unspecified atom stereocenters. The monoisotopic (exact) mass is 258 g/mol. The molecule has 1 amide bonds. The van der Waals surface area contributed by atoms with E-state index < -0.39 is 5.60 Å². The first-order chi connectivity index (χ1) is 9.11. The van der Waals surface area contributed by atoms with Gasteiger partial charge in [-0.25, -0.2) is 0 Å². The fourth-order valence-electron chi connectivity index (χ4n) is 2.47. The summed E-state index contributed by atoms with van der Waals surface area (Å²) in [5.41, 5.74) is 0.760. The molecule has 0 aliphatic heterocycles. The van der Waals surface area contributed by atoms with Crippen molar-refractivity contribution in [3.05, 3.63) is 35.4 Å². The summed E-state index contributed by atoms with van der Waals surface area (Å²) >= 11 is 0. The van der Waals surface area contributed by atoms with Crippen molar-refractivity contribution in [2.24, 2.45) is 0 Å². The zero-order valence-electron chi connectivity index (χ0n) is 10.9. The molecule has 2 N–H and O–H groups in total. The van der Waals surface area contributed by atoms with E-state index >= 15 is 0 Å². The van der Waals surface area contributed by atoms with Gasteiger partial charge in [-0.3, -0.25) is 4.79 Å². The van der Waals surface area contributed by atoms with Crippen LogP contribution in [0, 0.1) is 11.3 Å². The smallest absolute Gasteiger partial charge is 0.223 e. The van der Waals surface area contributed by atoms with E-state index in [1.165, 1.54) is 0 Å². The highest BCUT2D eigenvalue weighted by atomic mass is 16.3. The van der Waals surface area contributed by atoms with Crippen LogP contribution in [0.2, 0.25) is 0 Å². The summed E-state index contributed by atoms with van der Waals surface area (Å²) < 4.78 is 0. The van der Waals surface area contributed by atoms with Crippen molar-refractivity contribution in [1.82, 2.24) is 5.32 Å². The molecule has 1 saturated carbocycles. The maximum atomic E-state index is 11.8. The van der Waals surface area contributed by atoms with Gasteiger partial charge in [0.05, 0.1) is 23.7 Å². The van der Waals surface area contributed by atoms with Crippen LogP contribution in [0.15, 0.2) is 24.3 Å². The van der Waals surface area contributed by atoms with Crippen molar-refractivity contribution in [2.45, 2.75) is 44.2 Å². The Balaban J connectivity index is 1.81. The minimum absolute atomic E-state index is 0.117. The summed E-state index contributed by atoms with van der Waals surface area (Å²) in [5, 5.41) is 21.6. The van der Waals surface area contributed by atoms with Gasteiger partial charge in [-0.2, -0.15) is 5.26 Å². The number of nitrogens with zero attached hydrogens (tertiary/aromatic N) is 1. The lowest BCUT2D eigenvalue weighted by Gasteiger charge is -2.21. The molecule has 0 radical (unpaired) electrons. The Bertz CT molecular complexity index is 482. The second kappa shape index (κ2) is 5.85. The molecule has 2 rings (SSSR count). The van der Waals surface area contributed by atoms with Crippen molar-refractivity contribution >= 4 is 5.91 Å². The molecule has 0 aromatic heterocycles. The zero-order valence-corrected chi connectivity index (χ0v) is 10.9. The van der Waals surface area contributed by atoms with Crippen LogP contribution >= 0.6 is 0 Å². The largest absolute Gasteiger partial charge is 0.389 e. The third-order valence-electron chi connectivity index (χ3n) is 3.60. The topological polar surface area (TPSA) is 73.1 Å². The quantitative estimate of drug-likeness (QED) is 0.866. The van der Waals surface area contributed by atoms with Crippen LogP contribution < -0.4 is 5.32 Å². The van der Waals surface area contributed by atoms with Crippen LogP contribution in [0.25, 0.3) is 0 Å². The first-order valence-corrected chi connectivity index (χ1v) is 6.59. The van der Waals surface area contributed by atoms with Crippen molar-refractivity contribution < 1.29 is 9.90 Å². The van der Waals surface area contributed by atoms with E-state index in [0.717, 1.165) is 31.2 Å². The van der Waals surface area contributed by atoms with E-state index in [1.54, 1.807) is 12.1 Å². The highest BCUT2D eigenvalue weighted by molar-refractivity contribution is 5.77. The lowest BCUT2D eigenvalue weighted by atomic mass is 9.97. The number of benzene rings is 1. The third-order valence-corrected chi connectivity index (χ3v) is 3.60. The normalized spacial score (nSPS) is 16.8. The predicted octanol–water partition coefficient (Wildman–Crippen LogP) is 1.87. The van der Waals surface area contributed by atoms with Gasteiger partial charge in [-0.15, -0.1) is 0 Å². The number of aliphatic hydroxyl groups is 1. The van der Waals surface area contributed by atoms with Crippen LogP contribution in [0.1, 0.15) is 43.2 Å². The van der Waals surface area contributed by atoms with Gasteiger partial charge in [0, 0.05) is 6.54 Å². The van der Waals surface area contributed by atoms with Crippen molar-refractivity contribution in [3.8, 4) is 6.07 Å². The minimum atomic E-state index is -0.797.